The molecule has 114 valence electrons. The van der Waals surface area contributed by atoms with Crippen LogP contribution in [0.3, 0.4) is 0 Å². The summed E-state index contributed by atoms with van der Waals surface area (Å²) >= 11 is 0. The summed E-state index contributed by atoms with van der Waals surface area (Å²) in [5, 5.41) is 11.2. The number of carbonyl (C=O) groups is 2. The lowest BCUT2D eigenvalue weighted by molar-refractivity contribution is -0.131. The Labute approximate surface area is 127 Å². The van der Waals surface area contributed by atoms with Gasteiger partial charge in [-0.3, -0.25) is 10.0 Å². The number of rotatable bonds is 5. The zero-order valence-corrected chi connectivity index (χ0v) is 11.7. The van der Waals surface area contributed by atoms with Crippen LogP contribution in [0.15, 0.2) is 60.7 Å². The summed E-state index contributed by atoms with van der Waals surface area (Å²) in [4.78, 5) is 23.5. The maximum absolute atomic E-state index is 11.8. The van der Waals surface area contributed by atoms with Crippen molar-refractivity contribution in [2.75, 3.05) is 0 Å². The Balaban J connectivity index is 1.98. The minimum absolute atomic E-state index is 0.0922. The molecule has 0 saturated heterocycles. The molecule has 0 aliphatic heterocycles. The predicted molar refractivity (Wildman–Crippen MR) is 78.9 cm³/mol. The van der Waals surface area contributed by atoms with Crippen molar-refractivity contribution in [2.24, 2.45) is 0 Å². The highest BCUT2D eigenvalue weighted by Gasteiger charge is 2.22. The second-order valence-electron chi connectivity index (χ2n) is 4.53. The molecule has 1 unspecified atom stereocenters. The van der Waals surface area contributed by atoms with Crippen LogP contribution in [0.5, 0.6) is 0 Å². The van der Waals surface area contributed by atoms with Gasteiger partial charge in [-0.1, -0.05) is 60.7 Å². The van der Waals surface area contributed by atoms with Gasteiger partial charge >= 0.3 is 6.09 Å². The molecule has 0 aliphatic carbocycles. The molecule has 6 nitrogen and oxygen atoms in total. The Morgan fingerprint density at radius 1 is 1.00 bits per heavy atom. The smallest absolute Gasteiger partial charge is 0.408 e. The Morgan fingerprint density at radius 3 is 2.18 bits per heavy atom. The Morgan fingerprint density at radius 2 is 1.59 bits per heavy atom. The summed E-state index contributed by atoms with van der Waals surface area (Å²) < 4.78 is 5.06. The molecule has 0 radical (unpaired) electrons. The summed E-state index contributed by atoms with van der Waals surface area (Å²) in [6.45, 7) is 0.0922. The van der Waals surface area contributed by atoms with Crippen LogP contribution < -0.4 is 10.8 Å². The molecule has 3 N–H and O–H groups in total. The molecule has 0 bridgehead atoms. The van der Waals surface area contributed by atoms with E-state index in [9.17, 15) is 9.59 Å². The van der Waals surface area contributed by atoms with Crippen molar-refractivity contribution in [2.45, 2.75) is 12.6 Å². The van der Waals surface area contributed by atoms with Crippen LogP contribution in [-0.2, 0) is 16.1 Å². The predicted octanol–water partition coefficient (Wildman–Crippen LogP) is 2.16. The summed E-state index contributed by atoms with van der Waals surface area (Å²) in [7, 11) is 0. The van der Waals surface area contributed by atoms with Gasteiger partial charge < -0.3 is 10.1 Å². The van der Waals surface area contributed by atoms with Crippen LogP contribution in [0.2, 0.25) is 0 Å². The zero-order chi connectivity index (χ0) is 15.8. The molecule has 0 heterocycles. The van der Waals surface area contributed by atoms with E-state index >= 15 is 0 Å². The fourth-order valence-corrected chi connectivity index (χ4v) is 1.89. The molecule has 2 amide bonds. The van der Waals surface area contributed by atoms with Gasteiger partial charge in [0.25, 0.3) is 5.91 Å². The minimum Gasteiger partial charge on any atom is -0.445 e. The maximum atomic E-state index is 11.8. The summed E-state index contributed by atoms with van der Waals surface area (Å²) in [6.07, 6.45) is -0.749. The molecule has 6 heteroatoms. The number of hydrogen-bond acceptors (Lipinski definition) is 4. The third-order valence-electron chi connectivity index (χ3n) is 2.98. The highest BCUT2D eigenvalue weighted by Crippen LogP contribution is 2.13. The first-order valence-electron chi connectivity index (χ1n) is 6.67. The third kappa shape index (κ3) is 4.32. The lowest BCUT2D eigenvalue weighted by Crippen LogP contribution is -2.39. The van der Waals surface area contributed by atoms with Crippen molar-refractivity contribution in [1.82, 2.24) is 10.8 Å². The van der Waals surface area contributed by atoms with Crippen LogP contribution in [-0.4, -0.2) is 17.2 Å². The number of carbonyl (C=O) groups excluding carboxylic acids is 2. The van der Waals surface area contributed by atoms with Gasteiger partial charge in [-0.25, -0.2) is 10.3 Å². The topological polar surface area (TPSA) is 87.7 Å². The van der Waals surface area contributed by atoms with Crippen molar-refractivity contribution in [1.29, 1.82) is 0 Å². The molecule has 0 fully saturated rings. The van der Waals surface area contributed by atoms with Crippen molar-refractivity contribution in [3.63, 3.8) is 0 Å². The summed E-state index contributed by atoms with van der Waals surface area (Å²) in [6, 6.07) is 16.7. The van der Waals surface area contributed by atoms with E-state index in [0.29, 0.717) is 5.56 Å². The average Bonchev–Trinajstić information content (AvgIpc) is 2.59. The van der Waals surface area contributed by atoms with E-state index in [2.05, 4.69) is 5.32 Å². The maximum Gasteiger partial charge on any atom is 0.408 e. The molecule has 22 heavy (non-hydrogen) atoms. The first-order chi connectivity index (χ1) is 10.7. The number of nitrogens with one attached hydrogen (secondary N) is 2. The van der Waals surface area contributed by atoms with Crippen molar-refractivity contribution in [3.8, 4) is 0 Å². The van der Waals surface area contributed by atoms with Crippen molar-refractivity contribution >= 4 is 12.0 Å². The summed E-state index contributed by atoms with van der Waals surface area (Å²) in [5.74, 6) is -0.747. The van der Waals surface area contributed by atoms with E-state index in [1.54, 1.807) is 30.3 Å². The van der Waals surface area contributed by atoms with Crippen LogP contribution >= 0.6 is 0 Å². The van der Waals surface area contributed by atoms with E-state index in [4.69, 9.17) is 9.94 Å². The zero-order valence-electron chi connectivity index (χ0n) is 11.7. The molecule has 2 rings (SSSR count). The highest BCUT2D eigenvalue weighted by atomic mass is 16.5. The van der Waals surface area contributed by atoms with Crippen molar-refractivity contribution in [3.05, 3.63) is 71.8 Å². The second-order valence-corrected chi connectivity index (χ2v) is 4.53. The lowest BCUT2D eigenvalue weighted by Gasteiger charge is -2.17. The second kappa shape index (κ2) is 7.80. The van der Waals surface area contributed by atoms with Gasteiger partial charge in [0.1, 0.15) is 12.6 Å². The lowest BCUT2D eigenvalue weighted by atomic mass is 10.1. The van der Waals surface area contributed by atoms with Crippen LogP contribution in [0.1, 0.15) is 17.2 Å². The summed E-state index contributed by atoms with van der Waals surface area (Å²) in [5.41, 5.74) is 2.90. The Hall–Kier alpha value is -2.86. The molecule has 2 aromatic rings. The van der Waals surface area contributed by atoms with Crippen LogP contribution in [0.4, 0.5) is 4.79 Å². The first-order valence-corrected chi connectivity index (χ1v) is 6.67. The molecule has 0 aliphatic rings. The van der Waals surface area contributed by atoms with Crippen LogP contribution in [0, 0.1) is 0 Å². The van der Waals surface area contributed by atoms with Crippen LogP contribution in [0.25, 0.3) is 0 Å². The average molecular weight is 300 g/mol. The number of ether oxygens (including phenoxy) is 1. The molecular weight excluding hydrogens is 284 g/mol. The largest absolute Gasteiger partial charge is 0.445 e. The van der Waals surface area contributed by atoms with E-state index in [1.165, 1.54) is 5.48 Å². The Bertz CT molecular complexity index is 617. The van der Waals surface area contributed by atoms with Gasteiger partial charge in [-0.05, 0) is 11.1 Å². The monoisotopic (exact) mass is 300 g/mol. The van der Waals surface area contributed by atoms with E-state index < -0.39 is 18.0 Å². The number of hydrogen-bond donors (Lipinski definition) is 3. The van der Waals surface area contributed by atoms with Gasteiger partial charge in [0.05, 0.1) is 0 Å². The van der Waals surface area contributed by atoms with Gasteiger partial charge in [0.15, 0.2) is 0 Å². The number of amides is 2. The first kappa shape index (κ1) is 15.5. The number of hydroxylamine groups is 1. The molecule has 0 aromatic heterocycles. The standard InChI is InChI=1S/C16H16N2O4/c19-15(18-21)14(13-9-5-2-6-10-13)17-16(20)22-11-12-7-3-1-4-8-12/h1-10,14,21H,11H2,(H,17,20)(H,18,19). The fourth-order valence-electron chi connectivity index (χ4n) is 1.89. The van der Waals surface area contributed by atoms with Gasteiger partial charge in [-0.15, -0.1) is 0 Å². The highest BCUT2D eigenvalue weighted by molar-refractivity contribution is 5.86. The minimum atomic E-state index is -1.03. The fraction of sp³-hybridized carbons (Fsp3) is 0.125. The molecule has 1 atom stereocenters. The van der Waals surface area contributed by atoms with Gasteiger partial charge in [-0.2, -0.15) is 0 Å². The SMILES string of the molecule is O=C(NC(C(=O)NO)c1ccccc1)OCc1ccccc1. The Kier molecular flexibility index (Phi) is 5.50. The van der Waals surface area contributed by atoms with E-state index in [-0.39, 0.29) is 6.61 Å². The quantitative estimate of drug-likeness (QED) is 0.583. The third-order valence-corrected chi connectivity index (χ3v) is 2.98. The van der Waals surface area contributed by atoms with Crippen molar-refractivity contribution < 1.29 is 19.5 Å². The normalized spacial score (nSPS) is 11.3. The van der Waals surface area contributed by atoms with E-state index in [0.717, 1.165) is 5.56 Å². The van der Waals surface area contributed by atoms with Gasteiger partial charge in [0, 0.05) is 0 Å². The number of alkyl carbamates (subject to hydrolysis) is 1. The van der Waals surface area contributed by atoms with E-state index in [1.807, 2.05) is 30.3 Å². The molecular formula is C16H16N2O4. The molecule has 0 spiro atoms. The molecule has 0 saturated carbocycles. The molecule has 2 aromatic carbocycles. The number of benzene rings is 2. The van der Waals surface area contributed by atoms with Gasteiger partial charge in [0.2, 0.25) is 0 Å².